The molecule has 0 saturated heterocycles. The van der Waals surface area contributed by atoms with E-state index in [0.717, 1.165) is 61.5 Å². The van der Waals surface area contributed by atoms with Crippen LogP contribution in [0.1, 0.15) is 16.7 Å². The first kappa shape index (κ1) is 23.4. The smallest absolute Gasteiger partial charge is 0.362 e. The van der Waals surface area contributed by atoms with Gasteiger partial charge in [-0.1, -0.05) is 97.1 Å². The molecule has 2 heterocycles. The van der Waals surface area contributed by atoms with Crippen LogP contribution in [-0.2, 0) is 4.74 Å². The molecule has 1 aliphatic rings. The highest BCUT2D eigenvalue weighted by Gasteiger charge is 2.22. The Morgan fingerprint density at radius 1 is 0.512 bits per heavy atom. The molecule has 192 valence electrons. The number of rotatable bonds is 4. The summed E-state index contributed by atoms with van der Waals surface area (Å²) in [6.45, 7) is 0. The molecule has 8 rings (SSSR count). The molecule has 0 saturated carbocycles. The Morgan fingerprint density at radius 2 is 1.15 bits per heavy atom. The Kier molecular flexibility index (Phi) is 5.49. The third-order valence-corrected chi connectivity index (χ3v) is 7.74. The van der Waals surface area contributed by atoms with Gasteiger partial charge in [-0.15, -0.1) is 0 Å². The first-order chi connectivity index (χ1) is 20.3. The number of hydrogen-bond acceptors (Lipinski definition) is 1. The molecule has 1 aliphatic heterocycles. The molecule has 2 heteroatoms. The molecular weight excluding hydrogens is 500 g/mol. The molecule has 2 nitrogen and oxygen atoms in total. The van der Waals surface area contributed by atoms with Crippen molar-refractivity contribution in [2.45, 2.75) is 0 Å². The van der Waals surface area contributed by atoms with Crippen molar-refractivity contribution >= 4 is 50.1 Å². The fraction of sp³-hybridized carbons (Fsp3) is 0. The summed E-state index contributed by atoms with van der Waals surface area (Å²) in [5, 5.41) is 5.95. The molecule has 0 bridgehead atoms. The highest BCUT2D eigenvalue weighted by Crippen LogP contribution is 2.40. The van der Waals surface area contributed by atoms with E-state index in [1.54, 1.807) is 0 Å². The van der Waals surface area contributed by atoms with Crippen molar-refractivity contribution in [3.05, 3.63) is 168 Å². The molecule has 0 unspecified atom stereocenters. The van der Waals surface area contributed by atoms with Crippen LogP contribution < -0.4 is 0 Å². The Hall–Kier alpha value is -5.47. The molecule has 0 radical (unpaired) electrons. The Labute approximate surface area is 238 Å². The lowest BCUT2D eigenvalue weighted by molar-refractivity contribution is 0.467. The van der Waals surface area contributed by atoms with E-state index in [1.807, 2.05) is 54.6 Å². The van der Waals surface area contributed by atoms with E-state index in [2.05, 4.69) is 97.1 Å². The van der Waals surface area contributed by atoms with Crippen LogP contribution in [0, 0.1) is 0 Å². The lowest BCUT2D eigenvalue weighted by atomic mass is 9.92. The van der Waals surface area contributed by atoms with Gasteiger partial charge in [0.1, 0.15) is 11.5 Å². The van der Waals surface area contributed by atoms with Crippen LogP contribution in [0.15, 0.2) is 156 Å². The average Bonchev–Trinajstić information content (AvgIpc) is 3.05. The molecule has 6 aromatic carbocycles. The summed E-state index contributed by atoms with van der Waals surface area (Å²) in [6, 6.07) is 46.1. The second-order valence-electron chi connectivity index (χ2n) is 10.4. The van der Waals surface area contributed by atoms with Crippen LogP contribution in [0.3, 0.4) is 0 Å². The van der Waals surface area contributed by atoms with E-state index in [1.165, 1.54) is 16.2 Å². The summed E-state index contributed by atoms with van der Waals surface area (Å²) in [5.41, 5.74) is 6.29. The van der Waals surface area contributed by atoms with Crippen LogP contribution in [-0.4, -0.2) is 0 Å². The minimum atomic E-state index is 0.834. The van der Waals surface area contributed by atoms with E-state index in [-0.39, 0.29) is 0 Å². The number of hydrogen-bond donors (Lipinski definition) is 0. The van der Waals surface area contributed by atoms with Gasteiger partial charge in [-0.05, 0) is 64.4 Å². The monoisotopic (exact) mass is 525 g/mol. The second-order valence-corrected chi connectivity index (χ2v) is 10.4. The maximum atomic E-state index is 6.46. The highest BCUT2D eigenvalue weighted by atomic mass is 16.5. The van der Waals surface area contributed by atoms with Gasteiger partial charge in [0.25, 0.3) is 0 Å². The molecule has 0 N–H and O–H groups in total. The van der Waals surface area contributed by atoms with Crippen molar-refractivity contribution in [2.75, 3.05) is 0 Å². The predicted octanol–water partition coefficient (Wildman–Crippen LogP) is 10.6. The van der Waals surface area contributed by atoms with E-state index < -0.39 is 0 Å². The maximum Gasteiger partial charge on any atom is 0.362 e. The van der Waals surface area contributed by atoms with Gasteiger partial charge in [-0.3, -0.25) is 0 Å². The van der Waals surface area contributed by atoms with Crippen molar-refractivity contribution in [3.8, 4) is 11.3 Å². The highest BCUT2D eigenvalue weighted by molar-refractivity contribution is 6.24. The summed E-state index contributed by atoms with van der Waals surface area (Å²) in [6.07, 6.45) is 6.54. The normalized spacial score (nSPS) is 13.3. The van der Waals surface area contributed by atoms with E-state index in [9.17, 15) is 0 Å². The topological polar surface area (TPSA) is 20.5 Å². The fourth-order valence-electron chi connectivity index (χ4n) is 5.83. The van der Waals surface area contributed by atoms with Crippen molar-refractivity contribution < 1.29 is 9.15 Å². The van der Waals surface area contributed by atoms with E-state index in [4.69, 9.17) is 9.15 Å². The van der Waals surface area contributed by atoms with Crippen LogP contribution in [0.25, 0.3) is 61.4 Å². The molecule has 1 aromatic heterocycles. The van der Waals surface area contributed by atoms with Gasteiger partial charge in [-0.25, -0.2) is 4.42 Å². The third kappa shape index (κ3) is 4.18. The van der Waals surface area contributed by atoms with Crippen molar-refractivity contribution in [1.82, 2.24) is 0 Å². The molecule has 0 aliphatic carbocycles. The van der Waals surface area contributed by atoms with Crippen molar-refractivity contribution in [1.29, 1.82) is 0 Å². The van der Waals surface area contributed by atoms with Gasteiger partial charge in [0.15, 0.2) is 0 Å². The number of allylic oxidation sites excluding steroid dienone is 3. The van der Waals surface area contributed by atoms with Crippen LogP contribution in [0.5, 0.6) is 0 Å². The summed E-state index contributed by atoms with van der Waals surface area (Å²) < 4.78 is 12.9. The first-order valence-electron chi connectivity index (χ1n) is 13.8. The summed E-state index contributed by atoms with van der Waals surface area (Å²) >= 11 is 0. The van der Waals surface area contributed by atoms with Gasteiger partial charge >= 0.3 is 11.3 Å². The number of benzene rings is 6. The standard InChI is InChI=1S/C39H25O2/c1-4-11-27(12-5-1)35-22-26(23-36(41-35)28-13-6-2-7-14-28)21-31-24-32-25-37(29-15-8-3-9-16-29)40-34-20-19-30-17-10-18-33(31)38(30)39(32)34/h1-25H/q+1. The minimum Gasteiger partial charge on any atom is -0.456 e. The third-order valence-electron chi connectivity index (χ3n) is 7.74. The van der Waals surface area contributed by atoms with Gasteiger partial charge in [-0.2, -0.15) is 0 Å². The zero-order chi connectivity index (χ0) is 27.2. The summed E-state index contributed by atoms with van der Waals surface area (Å²) in [7, 11) is 0. The van der Waals surface area contributed by atoms with Crippen molar-refractivity contribution in [2.24, 2.45) is 0 Å². The van der Waals surface area contributed by atoms with Gasteiger partial charge in [0.05, 0.1) is 17.0 Å². The molecule has 0 atom stereocenters. The second kappa shape index (κ2) is 9.62. The predicted molar refractivity (Wildman–Crippen MR) is 170 cm³/mol. The van der Waals surface area contributed by atoms with Crippen LogP contribution >= 0.6 is 0 Å². The lowest BCUT2D eigenvalue weighted by Gasteiger charge is -2.19. The molecule has 0 amide bonds. The lowest BCUT2D eigenvalue weighted by Crippen LogP contribution is -1.99. The molecule has 0 spiro atoms. The van der Waals surface area contributed by atoms with Crippen molar-refractivity contribution in [3.63, 3.8) is 0 Å². The summed E-state index contributed by atoms with van der Waals surface area (Å²) in [5.74, 6) is 2.53. The Balaban J connectivity index is 1.37. The zero-order valence-electron chi connectivity index (χ0n) is 22.3. The van der Waals surface area contributed by atoms with Crippen LogP contribution in [0.4, 0.5) is 0 Å². The molecule has 41 heavy (non-hydrogen) atoms. The maximum absolute atomic E-state index is 6.46. The van der Waals surface area contributed by atoms with Crippen LogP contribution in [0.2, 0.25) is 0 Å². The first-order valence-corrected chi connectivity index (χ1v) is 13.8. The average molecular weight is 526 g/mol. The van der Waals surface area contributed by atoms with Gasteiger partial charge in [0.2, 0.25) is 0 Å². The van der Waals surface area contributed by atoms with E-state index in [0.29, 0.717) is 0 Å². The summed E-state index contributed by atoms with van der Waals surface area (Å²) in [4.78, 5) is 0. The quantitative estimate of drug-likeness (QED) is 0.168. The van der Waals surface area contributed by atoms with E-state index >= 15 is 0 Å². The van der Waals surface area contributed by atoms with Gasteiger partial charge < -0.3 is 4.74 Å². The molecular formula is C39H25O2+. The Morgan fingerprint density at radius 3 is 1.80 bits per heavy atom. The minimum absolute atomic E-state index is 0.834. The SMILES string of the molecule is C(=C1C=C(c2ccccc2)OC(c2ccccc2)=C1)c1cc2cc(-c3ccccc3)[o+]c3ccc4cccc1c4c23. The molecule has 0 fully saturated rings. The van der Waals surface area contributed by atoms with Gasteiger partial charge in [0, 0.05) is 28.0 Å². The molecule has 7 aromatic rings. The number of ether oxygens (including phenoxy) is 1. The fourth-order valence-corrected chi connectivity index (χ4v) is 5.83. The largest absolute Gasteiger partial charge is 0.456 e. The Bertz CT molecular complexity index is 2080. The zero-order valence-corrected chi connectivity index (χ0v) is 22.3.